The van der Waals surface area contributed by atoms with Gasteiger partial charge < -0.3 is 19.8 Å². The Morgan fingerprint density at radius 3 is 2.94 bits per heavy atom. The molecular formula is C12H18N4O2. The lowest BCUT2D eigenvalue weighted by Crippen LogP contribution is -2.13. The first-order chi connectivity index (χ1) is 8.70. The fourth-order valence-corrected chi connectivity index (χ4v) is 1.65. The predicted octanol–water partition coefficient (Wildman–Crippen LogP) is 1.90. The van der Waals surface area contributed by atoms with Crippen LogP contribution in [0.3, 0.4) is 0 Å². The van der Waals surface area contributed by atoms with Crippen LogP contribution in [0.2, 0.25) is 0 Å². The zero-order chi connectivity index (χ0) is 13.0. The standard InChI is InChI=1S/C12H18N4O2/c1-8(2)14-12-9-4-5-13-11(9)15-10(16-12)6-18-7-17-3/h4-5,8H,6-7H2,1-3H3,(H2,13,14,15,16). The summed E-state index contributed by atoms with van der Waals surface area (Å²) in [6, 6.07) is 2.27. The molecule has 0 fully saturated rings. The summed E-state index contributed by atoms with van der Waals surface area (Å²) < 4.78 is 10.1. The number of aromatic amines is 1. The van der Waals surface area contributed by atoms with Crippen LogP contribution in [0.15, 0.2) is 12.3 Å². The molecule has 0 amide bonds. The third kappa shape index (κ3) is 2.96. The SMILES string of the molecule is COCOCc1nc(NC(C)C)c2cc[nH]c2n1. The zero-order valence-electron chi connectivity index (χ0n) is 10.9. The molecule has 0 aliphatic carbocycles. The Kier molecular flexibility index (Phi) is 4.11. The van der Waals surface area contributed by atoms with Crippen LogP contribution in [-0.4, -0.2) is 34.9 Å². The van der Waals surface area contributed by atoms with Crippen LogP contribution in [0.25, 0.3) is 11.0 Å². The zero-order valence-corrected chi connectivity index (χ0v) is 10.9. The Morgan fingerprint density at radius 2 is 2.22 bits per heavy atom. The summed E-state index contributed by atoms with van der Waals surface area (Å²) in [5.74, 6) is 1.46. The smallest absolute Gasteiger partial charge is 0.158 e. The van der Waals surface area contributed by atoms with Gasteiger partial charge >= 0.3 is 0 Å². The number of hydrogen-bond donors (Lipinski definition) is 2. The van der Waals surface area contributed by atoms with Crippen LogP contribution < -0.4 is 5.32 Å². The van der Waals surface area contributed by atoms with Gasteiger partial charge in [-0.2, -0.15) is 0 Å². The summed E-state index contributed by atoms with van der Waals surface area (Å²) in [5.41, 5.74) is 0.809. The van der Waals surface area contributed by atoms with Crippen LogP contribution >= 0.6 is 0 Å². The quantitative estimate of drug-likeness (QED) is 0.605. The Bertz CT molecular complexity index is 510. The van der Waals surface area contributed by atoms with Crippen molar-refractivity contribution in [3.05, 3.63) is 18.1 Å². The number of fused-ring (bicyclic) bond motifs is 1. The number of rotatable bonds is 6. The molecular weight excluding hydrogens is 232 g/mol. The monoisotopic (exact) mass is 250 g/mol. The summed E-state index contributed by atoms with van der Waals surface area (Å²) >= 11 is 0. The summed E-state index contributed by atoms with van der Waals surface area (Å²) in [6.07, 6.45) is 1.85. The molecule has 2 aromatic heterocycles. The number of methoxy groups -OCH3 is 1. The lowest BCUT2D eigenvalue weighted by atomic mass is 10.3. The number of hydrogen-bond acceptors (Lipinski definition) is 5. The van der Waals surface area contributed by atoms with Gasteiger partial charge in [-0.1, -0.05) is 0 Å². The van der Waals surface area contributed by atoms with Crippen molar-refractivity contribution in [2.75, 3.05) is 19.2 Å². The molecule has 6 nitrogen and oxygen atoms in total. The highest BCUT2D eigenvalue weighted by molar-refractivity contribution is 5.87. The van der Waals surface area contributed by atoms with E-state index in [2.05, 4.69) is 34.1 Å². The highest BCUT2D eigenvalue weighted by Crippen LogP contribution is 2.20. The molecule has 0 aliphatic rings. The Morgan fingerprint density at radius 1 is 1.39 bits per heavy atom. The number of H-pyrrole nitrogens is 1. The van der Waals surface area contributed by atoms with E-state index in [9.17, 15) is 0 Å². The molecule has 2 rings (SSSR count). The van der Waals surface area contributed by atoms with Gasteiger partial charge in [-0.05, 0) is 19.9 Å². The van der Waals surface area contributed by atoms with Crippen molar-refractivity contribution in [1.82, 2.24) is 15.0 Å². The molecule has 98 valence electrons. The number of nitrogens with zero attached hydrogens (tertiary/aromatic N) is 2. The third-order valence-corrected chi connectivity index (χ3v) is 2.32. The van der Waals surface area contributed by atoms with Gasteiger partial charge in [0.05, 0.1) is 5.39 Å². The highest BCUT2D eigenvalue weighted by Gasteiger charge is 2.09. The second kappa shape index (κ2) is 5.79. The number of anilines is 1. The number of ether oxygens (including phenoxy) is 2. The van der Waals surface area contributed by atoms with Gasteiger partial charge in [0.1, 0.15) is 24.9 Å². The molecule has 18 heavy (non-hydrogen) atoms. The van der Waals surface area contributed by atoms with E-state index in [4.69, 9.17) is 9.47 Å². The van der Waals surface area contributed by atoms with Gasteiger partial charge in [-0.25, -0.2) is 9.97 Å². The Labute approximate surface area is 106 Å². The van der Waals surface area contributed by atoms with Gasteiger partial charge in [0.25, 0.3) is 0 Å². The normalized spacial score (nSPS) is 11.3. The minimum absolute atomic E-state index is 0.235. The van der Waals surface area contributed by atoms with E-state index in [0.29, 0.717) is 18.5 Å². The maximum absolute atomic E-state index is 5.27. The molecule has 0 atom stereocenters. The van der Waals surface area contributed by atoms with E-state index in [1.165, 1.54) is 0 Å². The molecule has 6 heteroatoms. The van der Waals surface area contributed by atoms with Gasteiger partial charge in [0, 0.05) is 19.3 Å². The third-order valence-electron chi connectivity index (χ3n) is 2.32. The van der Waals surface area contributed by atoms with Crippen LogP contribution in [0, 0.1) is 0 Å². The van der Waals surface area contributed by atoms with E-state index in [1.807, 2.05) is 12.3 Å². The fraction of sp³-hybridized carbons (Fsp3) is 0.500. The van der Waals surface area contributed by atoms with E-state index in [-0.39, 0.29) is 6.79 Å². The van der Waals surface area contributed by atoms with Crippen molar-refractivity contribution in [2.24, 2.45) is 0 Å². The minimum Gasteiger partial charge on any atom is -0.367 e. The number of aromatic nitrogens is 3. The van der Waals surface area contributed by atoms with Gasteiger partial charge in [-0.15, -0.1) is 0 Å². The average molecular weight is 250 g/mol. The van der Waals surface area contributed by atoms with Gasteiger partial charge in [0.2, 0.25) is 0 Å². The van der Waals surface area contributed by atoms with Crippen molar-refractivity contribution in [3.63, 3.8) is 0 Å². The molecule has 0 saturated carbocycles. The lowest BCUT2D eigenvalue weighted by molar-refractivity contribution is -0.0411. The van der Waals surface area contributed by atoms with Crippen LogP contribution in [0.5, 0.6) is 0 Å². The van der Waals surface area contributed by atoms with E-state index in [1.54, 1.807) is 7.11 Å². The van der Waals surface area contributed by atoms with E-state index < -0.39 is 0 Å². The number of nitrogens with one attached hydrogen (secondary N) is 2. The molecule has 2 heterocycles. The molecule has 0 spiro atoms. The van der Waals surface area contributed by atoms with Crippen LogP contribution in [0.4, 0.5) is 5.82 Å². The molecule has 0 unspecified atom stereocenters. The minimum atomic E-state index is 0.235. The maximum Gasteiger partial charge on any atom is 0.158 e. The Hall–Kier alpha value is -1.66. The van der Waals surface area contributed by atoms with Crippen LogP contribution in [-0.2, 0) is 16.1 Å². The molecule has 0 aliphatic heterocycles. The molecule has 0 radical (unpaired) electrons. The predicted molar refractivity (Wildman–Crippen MR) is 69.3 cm³/mol. The first kappa shape index (κ1) is 12.8. The summed E-state index contributed by atoms with van der Waals surface area (Å²) in [4.78, 5) is 11.9. The summed E-state index contributed by atoms with van der Waals surface area (Å²) in [7, 11) is 1.58. The molecule has 2 aromatic rings. The van der Waals surface area contributed by atoms with Crippen molar-refractivity contribution in [1.29, 1.82) is 0 Å². The van der Waals surface area contributed by atoms with Crippen LogP contribution in [0.1, 0.15) is 19.7 Å². The molecule has 0 bridgehead atoms. The van der Waals surface area contributed by atoms with Crippen molar-refractivity contribution in [3.8, 4) is 0 Å². The Balaban J connectivity index is 2.25. The second-order valence-electron chi connectivity index (χ2n) is 4.28. The van der Waals surface area contributed by atoms with Crippen molar-refractivity contribution < 1.29 is 9.47 Å². The van der Waals surface area contributed by atoms with Gasteiger partial charge in [0.15, 0.2) is 5.82 Å². The molecule has 2 N–H and O–H groups in total. The van der Waals surface area contributed by atoms with Crippen molar-refractivity contribution >= 4 is 16.9 Å². The first-order valence-electron chi connectivity index (χ1n) is 5.88. The lowest BCUT2D eigenvalue weighted by Gasteiger charge is -2.11. The topological polar surface area (TPSA) is 72.1 Å². The fourth-order valence-electron chi connectivity index (χ4n) is 1.65. The van der Waals surface area contributed by atoms with Gasteiger partial charge in [-0.3, -0.25) is 0 Å². The maximum atomic E-state index is 5.27. The van der Waals surface area contributed by atoms with E-state index >= 15 is 0 Å². The average Bonchev–Trinajstić information content (AvgIpc) is 2.77. The van der Waals surface area contributed by atoms with Crippen molar-refractivity contribution in [2.45, 2.75) is 26.5 Å². The largest absolute Gasteiger partial charge is 0.367 e. The van der Waals surface area contributed by atoms with E-state index in [0.717, 1.165) is 16.9 Å². The highest BCUT2D eigenvalue weighted by atomic mass is 16.7. The summed E-state index contributed by atoms with van der Waals surface area (Å²) in [6.45, 7) is 4.71. The first-order valence-corrected chi connectivity index (χ1v) is 5.88. The summed E-state index contributed by atoms with van der Waals surface area (Å²) in [5, 5.41) is 4.29. The second-order valence-corrected chi connectivity index (χ2v) is 4.28. The molecule has 0 aromatic carbocycles. The molecule has 0 saturated heterocycles.